The first-order valence-corrected chi connectivity index (χ1v) is 36.8. The number of hydrogen-bond donors (Lipinski definition) is 0. The van der Waals surface area contributed by atoms with Crippen LogP contribution >= 0.6 is 79.6 Å². The number of benzene rings is 8. The van der Waals surface area contributed by atoms with E-state index < -0.39 is 0 Å². The van der Waals surface area contributed by atoms with Gasteiger partial charge in [-0.15, -0.1) is 0 Å². The van der Waals surface area contributed by atoms with E-state index in [1.165, 1.54) is 78.7 Å². The Morgan fingerprint density at radius 3 is 1.14 bits per heavy atom. The Kier molecular flexibility index (Phi) is 22.4. The number of nitrogens with zero attached hydrogens (tertiary/aromatic N) is 2. The number of fused-ring (bicyclic) bond motifs is 6. The molecule has 0 bridgehead atoms. The Morgan fingerprint density at radius 1 is 0.409 bits per heavy atom. The maximum absolute atomic E-state index is 6.31. The Morgan fingerprint density at radius 2 is 0.785 bits per heavy atom. The molecule has 2 aromatic heterocycles. The Bertz CT molecular complexity index is 3840. The van der Waals surface area contributed by atoms with Gasteiger partial charge in [0, 0.05) is 73.9 Å². The molecule has 5 heterocycles. The molecule has 13 rings (SSSR count). The number of aryl methyl sites for hydroxylation is 1. The maximum Gasteiger partial charge on any atom is 0.494 e. The van der Waals surface area contributed by atoms with Gasteiger partial charge in [-0.3, -0.25) is 0 Å². The normalized spacial score (nSPS) is 16.8. The van der Waals surface area contributed by atoms with Gasteiger partial charge in [-0.05, 0) is 230 Å². The minimum absolute atomic E-state index is 0.320. The predicted molar refractivity (Wildman–Crippen MR) is 404 cm³/mol. The largest absolute Gasteiger partial charge is 0.494 e. The molecule has 0 atom stereocenters. The molecule has 8 aromatic carbocycles. The Labute approximate surface area is 593 Å². The molecule has 0 aliphatic carbocycles. The van der Waals surface area contributed by atoms with Crippen molar-refractivity contribution in [3.63, 3.8) is 0 Å². The summed E-state index contributed by atoms with van der Waals surface area (Å²) in [6.07, 6.45) is 9.20. The molecule has 10 aromatic rings. The molecule has 9 nitrogen and oxygen atoms in total. The number of unbranched alkanes of at least 4 members (excludes halogenated alkanes) is 4. The van der Waals surface area contributed by atoms with E-state index >= 15 is 0 Å². The van der Waals surface area contributed by atoms with Crippen LogP contribution in [0.2, 0.25) is 0 Å². The molecule has 3 aliphatic heterocycles. The van der Waals surface area contributed by atoms with Gasteiger partial charge in [0.2, 0.25) is 0 Å². The van der Waals surface area contributed by atoms with Crippen LogP contribution in [0.15, 0.2) is 186 Å². The minimum atomic E-state index is -0.382. The topological polar surface area (TPSA) is 74.5 Å². The third-order valence-electron chi connectivity index (χ3n) is 19.4. The molecule has 0 N–H and O–H groups in total. The van der Waals surface area contributed by atoms with E-state index in [1.54, 1.807) is 0 Å². The second-order valence-electron chi connectivity index (χ2n) is 27.2. The van der Waals surface area contributed by atoms with Crippen molar-refractivity contribution in [2.75, 3.05) is 33.0 Å². The fourth-order valence-corrected chi connectivity index (χ4v) is 13.9. The van der Waals surface area contributed by atoms with Crippen LogP contribution in [-0.4, -0.2) is 78.8 Å². The highest BCUT2D eigenvalue weighted by molar-refractivity contribution is 9.11. The highest BCUT2D eigenvalue weighted by Crippen LogP contribution is 2.41. The number of halogens is 5. The van der Waals surface area contributed by atoms with Crippen molar-refractivity contribution in [1.82, 2.24) is 9.13 Å². The quantitative estimate of drug-likeness (QED) is 0.0556. The second kappa shape index (κ2) is 29.8. The van der Waals surface area contributed by atoms with E-state index in [0.29, 0.717) is 12.0 Å². The van der Waals surface area contributed by atoms with Crippen molar-refractivity contribution < 1.29 is 32.8 Å². The fraction of sp³-hybridized carbons (Fsp3) is 0.377. The van der Waals surface area contributed by atoms with Crippen molar-refractivity contribution in [2.24, 2.45) is 5.41 Å². The number of rotatable bonds is 20. The third-order valence-corrected chi connectivity index (χ3v) is 21.9. The summed E-state index contributed by atoms with van der Waals surface area (Å²) in [5, 5.41) is 4.91. The molecule has 3 aliphatic rings. The smallest absolute Gasteiger partial charge is 0.399 e. The summed E-state index contributed by atoms with van der Waals surface area (Å²) in [5.74, 6) is 0. The molecule has 0 saturated carbocycles. The molecule has 3 saturated heterocycles. The lowest BCUT2D eigenvalue weighted by Crippen LogP contribution is -2.45. The average molecular weight is 1570 g/mol. The van der Waals surface area contributed by atoms with Crippen LogP contribution in [0.4, 0.5) is 0 Å². The lowest BCUT2D eigenvalue weighted by Gasteiger charge is -2.40. The minimum Gasteiger partial charge on any atom is -0.399 e. The molecule has 3 fully saturated rings. The SMILES string of the molecule is Brc1ccc2c(c1)c1cc(Br)ccc1n2-c1ccc(-c2ccc(-n3c4ccc(Br)cc4c4cc(Br)ccc43)cc2)cc1.CCC1(COCCCCCCOCc2ccc(Br)cc2)COC1.CCCCc1cc(B2OC(C)(C)C(C)(C)O2)cc(B2OC(C)(C)C(C)(C)O2)c1. The standard InChI is InChI=1S/C36H20Br4N2.C22H36B2O4.C19H29BrO3/c37-23-5-13-33-29(17-23)30-18-24(38)6-14-34(30)41(33)27-9-1-21(2-10-27)22-3-11-28(12-4-22)42-35-15-7-25(39)19-31(35)32-20-26(40)8-16-36(32)42;1-10-11-12-16-13-17(23-25-19(2,3)20(4,5)26-23)15-18(14-16)24-27-21(6,7)22(8,9)28-24;1-2-19(15-23-16-19)14-22-12-6-4-3-5-11-21-13-17-7-9-18(20)10-8-17/h1-20H;13-15H,10-12H2,1-9H3;7-10H,2-6,11-16H2,1H3. The van der Waals surface area contributed by atoms with Gasteiger partial charge < -0.3 is 42.0 Å². The first-order chi connectivity index (χ1) is 44.5. The average Bonchev–Trinajstić information content (AvgIpc) is 1.62. The van der Waals surface area contributed by atoms with Crippen molar-refractivity contribution in [2.45, 2.75) is 150 Å². The zero-order valence-electron chi connectivity index (χ0n) is 55.3. The van der Waals surface area contributed by atoms with Crippen LogP contribution in [-0.2, 0) is 45.9 Å². The van der Waals surface area contributed by atoms with Crippen LogP contribution in [0.1, 0.15) is 125 Å². The molecule has 93 heavy (non-hydrogen) atoms. The van der Waals surface area contributed by atoms with E-state index in [4.69, 9.17) is 32.8 Å². The van der Waals surface area contributed by atoms with Crippen LogP contribution < -0.4 is 10.9 Å². The summed E-state index contributed by atoms with van der Waals surface area (Å²) in [7, 11) is -0.763. The zero-order valence-corrected chi connectivity index (χ0v) is 63.2. The summed E-state index contributed by atoms with van der Waals surface area (Å²) >= 11 is 18.1. The van der Waals surface area contributed by atoms with Crippen molar-refractivity contribution >= 4 is 148 Å². The lowest BCUT2D eigenvalue weighted by atomic mass is 9.70. The molecule has 16 heteroatoms. The number of ether oxygens (including phenoxy) is 3. The molecule has 0 radical (unpaired) electrons. The van der Waals surface area contributed by atoms with Crippen molar-refractivity contribution in [1.29, 1.82) is 0 Å². The highest BCUT2D eigenvalue weighted by Gasteiger charge is 2.54. The van der Waals surface area contributed by atoms with Gasteiger partial charge in [-0.1, -0.05) is 167 Å². The van der Waals surface area contributed by atoms with E-state index in [9.17, 15) is 0 Å². The summed E-state index contributed by atoms with van der Waals surface area (Å²) in [6, 6.07) is 58.6. The van der Waals surface area contributed by atoms with Crippen LogP contribution in [0, 0.1) is 5.41 Å². The van der Waals surface area contributed by atoms with E-state index in [2.05, 4.69) is 322 Å². The second-order valence-corrected chi connectivity index (χ2v) is 31.8. The van der Waals surface area contributed by atoms with E-state index in [0.717, 1.165) is 116 Å². The Balaban J connectivity index is 0.000000152. The monoisotopic (exact) mass is 1570 g/mol. The molecule has 486 valence electrons. The Hall–Kier alpha value is -4.39. The van der Waals surface area contributed by atoms with Gasteiger partial charge in [0.05, 0.1) is 70.9 Å². The van der Waals surface area contributed by atoms with Gasteiger partial charge in [0.1, 0.15) is 0 Å². The van der Waals surface area contributed by atoms with Crippen LogP contribution in [0.25, 0.3) is 66.1 Å². The van der Waals surface area contributed by atoms with Crippen molar-refractivity contribution in [3.8, 4) is 22.5 Å². The molecule has 0 amide bonds. The number of aromatic nitrogens is 2. The summed E-state index contributed by atoms with van der Waals surface area (Å²) in [5.41, 5.74) is 12.9. The van der Waals surface area contributed by atoms with Gasteiger partial charge in [-0.2, -0.15) is 0 Å². The molecule has 0 unspecified atom stereocenters. The number of hydrogen-bond acceptors (Lipinski definition) is 7. The summed E-state index contributed by atoms with van der Waals surface area (Å²) in [6.45, 7) is 26.2. The maximum atomic E-state index is 6.31. The van der Waals surface area contributed by atoms with E-state index in [1.807, 2.05) is 0 Å². The van der Waals surface area contributed by atoms with Crippen LogP contribution in [0.3, 0.4) is 0 Å². The van der Waals surface area contributed by atoms with Gasteiger partial charge in [0.15, 0.2) is 0 Å². The molecular weight excluding hydrogens is 1490 g/mol. The lowest BCUT2D eigenvalue weighted by molar-refractivity contribution is -0.150. The van der Waals surface area contributed by atoms with Gasteiger partial charge in [0.25, 0.3) is 0 Å². The third kappa shape index (κ3) is 16.0. The van der Waals surface area contributed by atoms with Gasteiger partial charge >= 0.3 is 14.2 Å². The highest BCUT2D eigenvalue weighted by atomic mass is 79.9. The first kappa shape index (κ1) is 69.9. The molecular formula is C77H85B2Br5N2O7. The predicted octanol–water partition coefficient (Wildman–Crippen LogP) is 21.2. The zero-order chi connectivity index (χ0) is 65.9. The first-order valence-electron chi connectivity index (χ1n) is 32.8. The van der Waals surface area contributed by atoms with E-state index in [-0.39, 0.29) is 36.6 Å². The van der Waals surface area contributed by atoms with Crippen LogP contribution in [0.5, 0.6) is 0 Å². The van der Waals surface area contributed by atoms with Gasteiger partial charge in [-0.25, -0.2) is 0 Å². The molecule has 0 spiro atoms. The summed E-state index contributed by atoms with van der Waals surface area (Å²) < 4.78 is 52.2. The van der Waals surface area contributed by atoms with Crippen molar-refractivity contribution in [3.05, 3.63) is 197 Å². The summed E-state index contributed by atoms with van der Waals surface area (Å²) in [4.78, 5) is 0. The fourth-order valence-electron chi connectivity index (χ4n) is 12.2.